The number of aromatic nitrogens is 4. The van der Waals surface area contributed by atoms with Gasteiger partial charge < -0.3 is 17.8 Å². The van der Waals surface area contributed by atoms with Gasteiger partial charge in [-0.2, -0.15) is 4.98 Å². The van der Waals surface area contributed by atoms with Gasteiger partial charge in [0, 0.05) is 13.1 Å². The SMILES string of the molecule is c1coc(-c2nc(CN(Cc3cocn3)Cc3cocn3)no2)c1. The summed E-state index contributed by atoms with van der Waals surface area (Å²) in [5.41, 5.74) is 1.60. The highest BCUT2D eigenvalue weighted by Crippen LogP contribution is 2.18. The second kappa shape index (κ2) is 6.50. The summed E-state index contributed by atoms with van der Waals surface area (Å²) in [5.74, 6) is 1.42. The van der Waals surface area contributed by atoms with Crippen LogP contribution in [-0.4, -0.2) is 25.0 Å². The highest BCUT2D eigenvalue weighted by Gasteiger charge is 2.16. The monoisotopic (exact) mass is 327 g/mol. The van der Waals surface area contributed by atoms with Crippen LogP contribution in [0.1, 0.15) is 17.2 Å². The summed E-state index contributed by atoms with van der Waals surface area (Å²) in [6.45, 7) is 1.55. The lowest BCUT2D eigenvalue weighted by molar-refractivity contribution is 0.231. The molecule has 0 atom stereocenters. The molecule has 4 rings (SSSR count). The molecule has 9 nitrogen and oxygen atoms in total. The third-order valence-electron chi connectivity index (χ3n) is 3.30. The fourth-order valence-corrected chi connectivity index (χ4v) is 2.28. The zero-order valence-corrected chi connectivity index (χ0v) is 12.5. The molecule has 9 heteroatoms. The first-order chi connectivity index (χ1) is 11.9. The van der Waals surface area contributed by atoms with Gasteiger partial charge in [0.25, 0.3) is 5.89 Å². The molecule has 0 saturated heterocycles. The van der Waals surface area contributed by atoms with Crippen molar-refractivity contribution in [1.82, 2.24) is 25.0 Å². The maximum Gasteiger partial charge on any atom is 0.293 e. The van der Waals surface area contributed by atoms with Crippen molar-refractivity contribution in [3.05, 3.63) is 60.9 Å². The molecular weight excluding hydrogens is 314 g/mol. The van der Waals surface area contributed by atoms with E-state index in [-0.39, 0.29) is 0 Å². The Morgan fingerprint density at radius 3 is 2.29 bits per heavy atom. The molecule has 0 spiro atoms. The number of nitrogens with zero attached hydrogens (tertiary/aromatic N) is 5. The average Bonchev–Trinajstić information content (AvgIpc) is 3.37. The molecule has 24 heavy (non-hydrogen) atoms. The van der Waals surface area contributed by atoms with Crippen molar-refractivity contribution < 1.29 is 17.8 Å². The molecule has 0 N–H and O–H groups in total. The van der Waals surface area contributed by atoms with Gasteiger partial charge in [0.15, 0.2) is 24.4 Å². The predicted molar refractivity (Wildman–Crippen MR) is 78.0 cm³/mol. The molecular formula is C15H13N5O4. The summed E-state index contributed by atoms with van der Waals surface area (Å²) >= 11 is 0. The van der Waals surface area contributed by atoms with Gasteiger partial charge in [-0.1, -0.05) is 5.16 Å². The van der Waals surface area contributed by atoms with E-state index < -0.39 is 0 Å². The zero-order valence-electron chi connectivity index (χ0n) is 12.5. The van der Waals surface area contributed by atoms with E-state index in [1.165, 1.54) is 12.8 Å². The lowest BCUT2D eigenvalue weighted by Crippen LogP contribution is -2.23. The number of rotatable bonds is 7. The van der Waals surface area contributed by atoms with Gasteiger partial charge in [0.05, 0.1) is 24.2 Å². The lowest BCUT2D eigenvalue weighted by atomic mass is 10.3. The molecule has 4 aromatic heterocycles. The Morgan fingerprint density at radius 1 is 0.958 bits per heavy atom. The minimum absolute atomic E-state index is 0.345. The van der Waals surface area contributed by atoms with Crippen LogP contribution in [0.3, 0.4) is 0 Å². The van der Waals surface area contributed by atoms with Crippen molar-refractivity contribution in [2.24, 2.45) is 0 Å². The van der Waals surface area contributed by atoms with Crippen LogP contribution in [0.5, 0.6) is 0 Å². The summed E-state index contributed by atoms with van der Waals surface area (Å²) in [6, 6.07) is 3.53. The van der Waals surface area contributed by atoms with Gasteiger partial charge in [0.1, 0.15) is 12.5 Å². The molecule has 0 bridgehead atoms. The lowest BCUT2D eigenvalue weighted by Gasteiger charge is -2.17. The van der Waals surface area contributed by atoms with Crippen molar-refractivity contribution in [2.45, 2.75) is 19.6 Å². The Labute approximate surface area is 135 Å². The number of furan rings is 1. The number of oxazole rings is 2. The Hall–Kier alpha value is -3.20. The van der Waals surface area contributed by atoms with Crippen molar-refractivity contribution in [1.29, 1.82) is 0 Å². The minimum atomic E-state index is 0.345. The van der Waals surface area contributed by atoms with Crippen LogP contribution in [0.2, 0.25) is 0 Å². The van der Waals surface area contributed by atoms with Crippen LogP contribution in [0.25, 0.3) is 11.7 Å². The molecule has 0 amide bonds. The van der Waals surface area contributed by atoms with E-state index in [1.807, 2.05) is 4.90 Å². The summed E-state index contributed by atoms with van der Waals surface area (Å²) < 4.78 is 20.5. The van der Waals surface area contributed by atoms with E-state index in [2.05, 4.69) is 20.1 Å². The van der Waals surface area contributed by atoms with E-state index in [1.54, 1.807) is 30.9 Å². The van der Waals surface area contributed by atoms with Gasteiger partial charge >= 0.3 is 0 Å². The Morgan fingerprint density at radius 2 is 1.71 bits per heavy atom. The Balaban J connectivity index is 1.50. The summed E-state index contributed by atoms with van der Waals surface area (Å²) in [6.07, 6.45) is 7.54. The van der Waals surface area contributed by atoms with Crippen molar-refractivity contribution in [3.8, 4) is 11.7 Å². The standard InChI is InChI=1S/C15H13N5O4/c1-2-13(23-3-1)15-18-14(19-24-15)6-20(4-11-7-21-9-16-11)5-12-8-22-10-17-12/h1-3,7-10H,4-6H2. The smallest absolute Gasteiger partial charge is 0.293 e. The normalized spacial score (nSPS) is 11.4. The maximum absolute atomic E-state index is 5.25. The fourth-order valence-electron chi connectivity index (χ4n) is 2.28. The van der Waals surface area contributed by atoms with Crippen LogP contribution in [-0.2, 0) is 19.6 Å². The van der Waals surface area contributed by atoms with E-state index in [0.29, 0.717) is 37.1 Å². The molecule has 122 valence electrons. The molecule has 0 aromatic carbocycles. The van der Waals surface area contributed by atoms with E-state index in [9.17, 15) is 0 Å². The Bertz CT molecular complexity index is 816. The molecule has 0 radical (unpaired) electrons. The maximum atomic E-state index is 5.25. The minimum Gasteiger partial charge on any atom is -0.459 e. The molecule has 0 fully saturated rings. The average molecular weight is 327 g/mol. The van der Waals surface area contributed by atoms with Crippen LogP contribution < -0.4 is 0 Å². The molecule has 4 heterocycles. The van der Waals surface area contributed by atoms with E-state index in [0.717, 1.165) is 11.4 Å². The molecule has 0 unspecified atom stereocenters. The van der Waals surface area contributed by atoms with Crippen LogP contribution in [0, 0.1) is 0 Å². The van der Waals surface area contributed by atoms with Gasteiger partial charge in [0.2, 0.25) is 0 Å². The topological polar surface area (TPSA) is 107 Å². The second-order valence-corrected chi connectivity index (χ2v) is 5.10. The largest absolute Gasteiger partial charge is 0.459 e. The predicted octanol–water partition coefficient (Wildman–Crippen LogP) is 2.51. The fraction of sp³-hybridized carbons (Fsp3) is 0.200. The highest BCUT2D eigenvalue weighted by atomic mass is 16.5. The van der Waals surface area contributed by atoms with Crippen molar-refractivity contribution >= 4 is 0 Å². The molecule has 0 aliphatic carbocycles. The summed E-state index contributed by atoms with van der Waals surface area (Å²) in [5, 5.41) is 4.00. The third kappa shape index (κ3) is 3.25. The Kier molecular flexibility index (Phi) is 3.90. The van der Waals surface area contributed by atoms with Gasteiger partial charge in [-0.05, 0) is 12.1 Å². The van der Waals surface area contributed by atoms with Crippen LogP contribution in [0.15, 0.2) is 61.5 Å². The van der Waals surface area contributed by atoms with Crippen LogP contribution >= 0.6 is 0 Å². The van der Waals surface area contributed by atoms with Gasteiger partial charge in [-0.25, -0.2) is 9.97 Å². The number of hydrogen-bond donors (Lipinski definition) is 0. The molecule has 0 aliphatic rings. The first-order valence-electron chi connectivity index (χ1n) is 7.20. The van der Waals surface area contributed by atoms with Crippen molar-refractivity contribution in [2.75, 3.05) is 0 Å². The van der Waals surface area contributed by atoms with Gasteiger partial charge in [-0.15, -0.1) is 0 Å². The third-order valence-corrected chi connectivity index (χ3v) is 3.30. The van der Waals surface area contributed by atoms with Crippen LogP contribution in [0.4, 0.5) is 0 Å². The first-order valence-corrected chi connectivity index (χ1v) is 7.20. The summed E-state index contributed by atoms with van der Waals surface area (Å²) in [4.78, 5) is 14.7. The zero-order chi connectivity index (χ0) is 16.2. The van der Waals surface area contributed by atoms with E-state index >= 15 is 0 Å². The quantitative estimate of drug-likeness (QED) is 0.506. The molecule has 0 saturated carbocycles. The van der Waals surface area contributed by atoms with Gasteiger partial charge in [-0.3, -0.25) is 4.90 Å². The summed E-state index contributed by atoms with van der Waals surface area (Å²) in [7, 11) is 0. The second-order valence-electron chi connectivity index (χ2n) is 5.10. The molecule has 4 aromatic rings. The van der Waals surface area contributed by atoms with E-state index in [4.69, 9.17) is 17.8 Å². The highest BCUT2D eigenvalue weighted by molar-refractivity contribution is 5.42. The van der Waals surface area contributed by atoms with Crippen molar-refractivity contribution in [3.63, 3.8) is 0 Å². The number of hydrogen-bond acceptors (Lipinski definition) is 9. The molecule has 0 aliphatic heterocycles. The first kappa shape index (κ1) is 14.4.